The van der Waals surface area contributed by atoms with Gasteiger partial charge in [-0.3, -0.25) is 14.6 Å². The van der Waals surface area contributed by atoms with E-state index in [-0.39, 0.29) is 11.5 Å². The molecule has 0 saturated heterocycles. The summed E-state index contributed by atoms with van der Waals surface area (Å²) in [6, 6.07) is 6.61. The number of anilines is 2. The van der Waals surface area contributed by atoms with Gasteiger partial charge in [-0.1, -0.05) is 36.1 Å². The number of para-hydroxylation sites is 1. The van der Waals surface area contributed by atoms with Gasteiger partial charge in [-0.05, 0) is 31.2 Å². The van der Waals surface area contributed by atoms with Crippen molar-refractivity contribution in [2.75, 3.05) is 19.0 Å². The molecule has 1 aliphatic rings. The Hall–Kier alpha value is -4.43. The van der Waals surface area contributed by atoms with E-state index in [1.807, 2.05) is 5.32 Å². The number of rotatable bonds is 6. The van der Waals surface area contributed by atoms with Gasteiger partial charge in [0.25, 0.3) is 5.91 Å². The van der Waals surface area contributed by atoms with Crippen LogP contribution in [0.3, 0.4) is 0 Å². The molecule has 12 heteroatoms. The van der Waals surface area contributed by atoms with E-state index in [2.05, 4.69) is 39.0 Å². The van der Waals surface area contributed by atoms with Gasteiger partial charge in [0.15, 0.2) is 11.3 Å². The molecule has 0 spiro atoms. The minimum atomic E-state index is -4.89. The van der Waals surface area contributed by atoms with Crippen LogP contribution in [0.4, 0.5) is 24.5 Å². The van der Waals surface area contributed by atoms with Crippen molar-refractivity contribution in [3.63, 3.8) is 0 Å². The maximum Gasteiger partial charge on any atom is 0.422 e. The van der Waals surface area contributed by atoms with E-state index >= 15 is 0 Å². The molecule has 0 aliphatic carbocycles. The number of carbonyl (C=O) groups is 2. The molecule has 0 bridgehead atoms. The van der Waals surface area contributed by atoms with Gasteiger partial charge in [0.05, 0.1) is 40.3 Å². The number of aromatic amines is 1. The van der Waals surface area contributed by atoms with Crippen molar-refractivity contribution in [1.82, 2.24) is 20.6 Å². The molecule has 3 aromatic rings. The number of hydrogen-bond acceptors (Lipinski definition) is 5. The van der Waals surface area contributed by atoms with Gasteiger partial charge in [0.1, 0.15) is 0 Å². The summed E-state index contributed by atoms with van der Waals surface area (Å²) in [5, 5.41) is 8.19. The number of pyridine rings is 1. The second-order valence-corrected chi connectivity index (χ2v) is 9.07. The van der Waals surface area contributed by atoms with E-state index in [1.165, 1.54) is 19.5 Å². The average molecular weight is 558 g/mol. The molecule has 0 radical (unpaired) electrons. The molecule has 2 amide bonds. The summed E-state index contributed by atoms with van der Waals surface area (Å²) in [6.45, 7) is 4.36. The summed E-state index contributed by atoms with van der Waals surface area (Å²) in [7, 11) is 1.45. The highest BCUT2D eigenvalue weighted by atomic mass is 35.5. The Balaban J connectivity index is 1.89. The Kier molecular flexibility index (Phi) is 7.60. The second-order valence-electron chi connectivity index (χ2n) is 8.67. The monoisotopic (exact) mass is 557 g/mol. The molecular formula is C27H23ClF3N5O3. The minimum absolute atomic E-state index is 0.126. The standard InChI is InChI=1S/C27H23ClF3N5O3/c1-4-20(37)36-26(2,27(29,30)31)11-8-15-14-32-12-9-16(15)22-23(21-18(34-22)10-13-33-25(21)38)35-19-7-5-6-17(28)24(19)39-3/h4-7,9,12,14,34-35H,1,10,13H2,2-3H3,(H,33,38)(H,36,37)/t26-/m0/s1. The molecule has 8 nitrogen and oxygen atoms in total. The Bertz CT molecular complexity index is 1520. The third-order valence-electron chi connectivity index (χ3n) is 6.06. The van der Waals surface area contributed by atoms with Gasteiger partial charge in [-0.2, -0.15) is 13.2 Å². The minimum Gasteiger partial charge on any atom is -0.493 e. The van der Waals surface area contributed by atoms with Crippen LogP contribution in [0.25, 0.3) is 11.3 Å². The van der Waals surface area contributed by atoms with Crippen LogP contribution in [0, 0.1) is 11.8 Å². The van der Waals surface area contributed by atoms with Crippen molar-refractivity contribution >= 4 is 34.8 Å². The summed E-state index contributed by atoms with van der Waals surface area (Å²) >= 11 is 6.28. The fourth-order valence-corrected chi connectivity index (χ4v) is 4.28. The van der Waals surface area contributed by atoms with Crippen LogP contribution >= 0.6 is 11.6 Å². The molecule has 2 aromatic heterocycles. The second kappa shape index (κ2) is 10.7. The van der Waals surface area contributed by atoms with Crippen LogP contribution < -0.4 is 20.7 Å². The van der Waals surface area contributed by atoms with Crippen molar-refractivity contribution in [1.29, 1.82) is 0 Å². The van der Waals surface area contributed by atoms with Gasteiger partial charge >= 0.3 is 6.18 Å². The molecule has 0 fully saturated rings. The van der Waals surface area contributed by atoms with Crippen LogP contribution in [0.1, 0.15) is 28.5 Å². The maximum absolute atomic E-state index is 13.9. The van der Waals surface area contributed by atoms with Gasteiger partial charge < -0.3 is 25.7 Å². The topological polar surface area (TPSA) is 108 Å². The summed E-state index contributed by atoms with van der Waals surface area (Å²) in [5.41, 5.74) is -0.173. The third kappa shape index (κ3) is 5.42. The molecule has 202 valence electrons. The van der Waals surface area contributed by atoms with Crippen molar-refractivity contribution in [3.8, 4) is 28.8 Å². The number of H-pyrrole nitrogens is 1. The average Bonchev–Trinajstić information content (AvgIpc) is 3.26. The Morgan fingerprint density at radius 2 is 2.08 bits per heavy atom. The number of methoxy groups -OCH3 is 1. The number of alkyl halides is 3. The predicted octanol–water partition coefficient (Wildman–Crippen LogP) is 4.74. The van der Waals surface area contributed by atoms with Gasteiger partial charge in [-0.15, -0.1) is 0 Å². The first-order valence-corrected chi connectivity index (χ1v) is 12.0. The summed E-state index contributed by atoms with van der Waals surface area (Å²) in [4.78, 5) is 31.9. The number of carbonyl (C=O) groups excluding carboxylic acids is 2. The quantitative estimate of drug-likeness (QED) is 0.259. The summed E-state index contributed by atoms with van der Waals surface area (Å²) in [6.07, 6.45) is -0.906. The zero-order chi connectivity index (χ0) is 28.4. The van der Waals surface area contributed by atoms with Gasteiger partial charge in [0, 0.05) is 36.6 Å². The number of benzene rings is 1. The number of ether oxygens (including phenoxy) is 1. The largest absolute Gasteiger partial charge is 0.493 e. The van der Waals surface area contributed by atoms with Gasteiger partial charge in [-0.25, -0.2) is 0 Å². The van der Waals surface area contributed by atoms with E-state index in [4.69, 9.17) is 16.3 Å². The van der Waals surface area contributed by atoms with E-state index in [0.29, 0.717) is 57.6 Å². The van der Waals surface area contributed by atoms with Crippen LogP contribution in [0.2, 0.25) is 5.02 Å². The lowest BCUT2D eigenvalue weighted by Crippen LogP contribution is -2.55. The van der Waals surface area contributed by atoms with E-state index < -0.39 is 17.6 Å². The van der Waals surface area contributed by atoms with Gasteiger partial charge in [0.2, 0.25) is 5.91 Å². The summed E-state index contributed by atoms with van der Waals surface area (Å²) < 4.78 is 47.1. The molecule has 1 aliphatic heterocycles. The molecular weight excluding hydrogens is 535 g/mol. The molecule has 0 saturated carbocycles. The Labute approximate surface area is 227 Å². The van der Waals surface area contributed by atoms with E-state index in [1.54, 1.807) is 24.3 Å². The molecule has 0 unspecified atom stereocenters. The number of nitrogens with one attached hydrogen (secondary N) is 4. The number of hydrogen-bond donors (Lipinski definition) is 4. The molecule has 4 rings (SSSR count). The Morgan fingerprint density at radius 1 is 1.31 bits per heavy atom. The highest BCUT2D eigenvalue weighted by molar-refractivity contribution is 6.32. The molecule has 4 N–H and O–H groups in total. The van der Waals surface area contributed by atoms with E-state index in [9.17, 15) is 22.8 Å². The van der Waals surface area contributed by atoms with Crippen molar-refractivity contribution in [2.24, 2.45) is 0 Å². The zero-order valence-electron chi connectivity index (χ0n) is 20.8. The number of fused-ring (bicyclic) bond motifs is 1. The SMILES string of the molecule is C=CC(=O)N[C@@](C)(C#Cc1cnccc1-c1[nH]c2c(c1Nc1cccc(Cl)c1OC)C(=O)NCC2)C(F)(F)F. The molecule has 1 atom stereocenters. The maximum atomic E-state index is 13.9. The first-order chi connectivity index (χ1) is 18.5. The molecule has 39 heavy (non-hydrogen) atoms. The zero-order valence-corrected chi connectivity index (χ0v) is 21.6. The van der Waals surface area contributed by atoms with Crippen LogP contribution in [-0.2, 0) is 11.2 Å². The predicted molar refractivity (Wildman–Crippen MR) is 141 cm³/mol. The fourth-order valence-electron chi connectivity index (χ4n) is 4.03. The first kappa shape index (κ1) is 27.6. The number of halogens is 4. The number of aromatic nitrogens is 2. The molecule has 1 aromatic carbocycles. The van der Waals surface area contributed by atoms with Crippen LogP contribution in [-0.4, -0.2) is 47.2 Å². The lowest BCUT2D eigenvalue weighted by Gasteiger charge is -2.27. The normalized spacial score (nSPS) is 14.2. The molecule has 3 heterocycles. The smallest absolute Gasteiger partial charge is 0.422 e. The lowest BCUT2D eigenvalue weighted by molar-refractivity contribution is -0.176. The lowest BCUT2D eigenvalue weighted by atomic mass is 9.99. The number of nitrogens with zero attached hydrogens (tertiary/aromatic N) is 1. The first-order valence-electron chi connectivity index (χ1n) is 11.6. The highest BCUT2D eigenvalue weighted by Gasteiger charge is 2.51. The highest BCUT2D eigenvalue weighted by Crippen LogP contribution is 2.41. The van der Waals surface area contributed by atoms with Crippen molar-refractivity contribution in [2.45, 2.75) is 25.1 Å². The van der Waals surface area contributed by atoms with Crippen LogP contribution in [0.5, 0.6) is 5.75 Å². The van der Waals surface area contributed by atoms with Crippen molar-refractivity contribution < 1.29 is 27.5 Å². The summed E-state index contributed by atoms with van der Waals surface area (Å²) in [5.74, 6) is 3.65. The van der Waals surface area contributed by atoms with Crippen molar-refractivity contribution in [3.05, 3.63) is 71.2 Å². The van der Waals surface area contributed by atoms with E-state index in [0.717, 1.165) is 13.0 Å². The third-order valence-corrected chi connectivity index (χ3v) is 6.36. The van der Waals surface area contributed by atoms with Crippen LogP contribution in [0.15, 0.2) is 49.3 Å². The number of amides is 2. The fraction of sp³-hybridized carbons (Fsp3) is 0.222. The Morgan fingerprint density at radius 3 is 2.77 bits per heavy atom.